The Balaban J connectivity index is 1.57. The minimum absolute atomic E-state index is 0.207. The highest BCUT2D eigenvalue weighted by Crippen LogP contribution is 2.28. The molecule has 0 saturated carbocycles. The lowest BCUT2D eigenvalue weighted by Crippen LogP contribution is -2.17. The molecule has 26 heavy (non-hydrogen) atoms. The molecule has 0 atom stereocenters. The molecule has 4 heterocycles. The van der Waals surface area contributed by atoms with Crippen molar-refractivity contribution in [2.75, 3.05) is 5.32 Å². The van der Waals surface area contributed by atoms with Gasteiger partial charge in [-0.2, -0.15) is 4.68 Å². The molecule has 0 saturated heterocycles. The van der Waals surface area contributed by atoms with Crippen molar-refractivity contribution < 1.29 is 4.79 Å². The van der Waals surface area contributed by atoms with Gasteiger partial charge in [-0.1, -0.05) is 16.8 Å². The van der Waals surface area contributed by atoms with Crippen LogP contribution in [0.25, 0.3) is 17.2 Å². The summed E-state index contributed by atoms with van der Waals surface area (Å²) < 4.78 is 1.30. The van der Waals surface area contributed by atoms with E-state index in [9.17, 15) is 4.79 Å². The van der Waals surface area contributed by atoms with Crippen molar-refractivity contribution in [2.24, 2.45) is 0 Å². The topological polar surface area (TPSA) is 111 Å². The van der Waals surface area contributed by atoms with E-state index >= 15 is 0 Å². The molecule has 0 aliphatic heterocycles. The molecule has 0 aliphatic rings. The van der Waals surface area contributed by atoms with Crippen LogP contribution < -0.4 is 5.32 Å². The summed E-state index contributed by atoms with van der Waals surface area (Å²) in [6, 6.07) is 3.47. The lowest BCUT2D eigenvalue weighted by molar-refractivity contribution is 0.101. The maximum absolute atomic E-state index is 12.5. The molecule has 0 spiro atoms. The van der Waals surface area contributed by atoms with Gasteiger partial charge in [-0.05, 0) is 12.1 Å². The maximum atomic E-state index is 12.5. The standard InChI is InChI=1S/C15H9ClN8OS/c16-9-2-1-3-19-13(9)10-8-26-15(21-10)22-14(25)11-6-20-23-24(11)12-7-17-4-5-18-12/h1-8H,(H,21,22,25). The van der Waals surface area contributed by atoms with Crippen LogP contribution in [0.2, 0.25) is 5.02 Å². The van der Waals surface area contributed by atoms with Gasteiger partial charge in [0.25, 0.3) is 5.91 Å². The second kappa shape index (κ2) is 6.94. The van der Waals surface area contributed by atoms with Crippen LogP contribution in [0, 0.1) is 0 Å². The summed E-state index contributed by atoms with van der Waals surface area (Å²) >= 11 is 7.39. The second-order valence-electron chi connectivity index (χ2n) is 4.92. The van der Waals surface area contributed by atoms with Gasteiger partial charge in [-0.25, -0.2) is 9.97 Å². The first-order chi connectivity index (χ1) is 12.7. The fraction of sp³-hybridized carbons (Fsp3) is 0. The van der Waals surface area contributed by atoms with Crippen molar-refractivity contribution in [1.82, 2.24) is 34.9 Å². The van der Waals surface area contributed by atoms with Gasteiger partial charge >= 0.3 is 0 Å². The van der Waals surface area contributed by atoms with E-state index in [2.05, 4.69) is 35.6 Å². The van der Waals surface area contributed by atoms with Crippen molar-refractivity contribution in [3.63, 3.8) is 0 Å². The molecule has 0 aliphatic carbocycles. The van der Waals surface area contributed by atoms with Crippen LogP contribution in [0.15, 0.2) is 48.5 Å². The average molecular weight is 385 g/mol. The van der Waals surface area contributed by atoms with Crippen LogP contribution in [0.3, 0.4) is 0 Å². The number of pyridine rings is 1. The molecule has 0 fully saturated rings. The van der Waals surface area contributed by atoms with Gasteiger partial charge in [0.1, 0.15) is 11.4 Å². The zero-order valence-corrected chi connectivity index (χ0v) is 14.5. The number of hydrogen-bond donors (Lipinski definition) is 1. The molecule has 0 aromatic carbocycles. The summed E-state index contributed by atoms with van der Waals surface area (Å²) in [5.74, 6) is -0.0380. The number of hydrogen-bond acceptors (Lipinski definition) is 8. The predicted octanol–water partition coefficient (Wildman–Crippen LogP) is 2.48. The SMILES string of the molecule is O=C(Nc1nc(-c2ncccc2Cl)cs1)c1cnnn1-c1cnccn1. The predicted molar refractivity (Wildman–Crippen MR) is 95.3 cm³/mol. The van der Waals surface area contributed by atoms with E-state index in [0.717, 1.165) is 0 Å². The van der Waals surface area contributed by atoms with E-state index in [1.165, 1.54) is 40.8 Å². The first-order valence-corrected chi connectivity index (χ1v) is 8.53. The highest BCUT2D eigenvalue weighted by molar-refractivity contribution is 7.14. The minimum atomic E-state index is -0.423. The van der Waals surface area contributed by atoms with Crippen molar-refractivity contribution in [1.29, 1.82) is 0 Å². The van der Waals surface area contributed by atoms with E-state index in [-0.39, 0.29) is 5.69 Å². The molecule has 11 heteroatoms. The van der Waals surface area contributed by atoms with E-state index < -0.39 is 5.91 Å². The molecule has 9 nitrogen and oxygen atoms in total. The number of anilines is 1. The molecular formula is C15H9ClN8OS. The Morgan fingerprint density at radius 2 is 2.12 bits per heavy atom. The minimum Gasteiger partial charge on any atom is -0.296 e. The van der Waals surface area contributed by atoms with Crippen LogP contribution >= 0.6 is 22.9 Å². The zero-order valence-electron chi connectivity index (χ0n) is 12.9. The number of nitrogens with zero attached hydrogens (tertiary/aromatic N) is 7. The van der Waals surface area contributed by atoms with Gasteiger partial charge in [0.05, 0.1) is 17.4 Å². The summed E-state index contributed by atoms with van der Waals surface area (Å²) in [5, 5.41) is 13.0. The molecule has 1 amide bonds. The molecule has 0 radical (unpaired) electrons. The normalized spacial score (nSPS) is 10.7. The first-order valence-electron chi connectivity index (χ1n) is 7.27. The molecule has 4 aromatic heterocycles. The fourth-order valence-electron chi connectivity index (χ4n) is 2.13. The van der Waals surface area contributed by atoms with Crippen molar-refractivity contribution >= 4 is 34.0 Å². The van der Waals surface area contributed by atoms with E-state index in [4.69, 9.17) is 11.6 Å². The van der Waals surface area contributed by atoms with E-state index in [1.807, 2.05) is 0 Å². The first kappa shape index (κ1) is 16.2. The second-order valence-corrected chi connectivity index (χ2v) is 6.19. The van der Waals surface area contributed by atoms with Gasteiger partial charge in [0, 0.05) is 24.0 Å². The number of nitrogens with one attached hydrogen (secondary N) is 1. The van der Waals surface area contributed by atoms with Crippen molar-refractivity contribution in [3.8, 4) is 17.2 Å². The fourth-order valence-corrected chi connectivity index (χ4v) is 3.04. The number of carbonyl (C=O) groups excluding carboxylic acids is 1. The maximum Gasteiger partial charge on any atom is 0.277 e. The largest absolute Gasteiger partial charge is 0.296 e. The number of halogens is 1. The average Bonchev–Trinajstić information content (AvgIpc) is 3.32. The van der Waals surface area contributed by atoms with Crippen LogP contribution in [-0.4, -0.2) is 40.8 Å². The smallest absolute Gasteiger partial charge is 0.277 e. The van der Waals surface area contributed by atoms with Gasteiger partial charge < -0.3 is 0 Å². The van der Waals surface area contributed by atoms with Gasteiger partial charge in [-0.3, -0.25) is 20.1 Å². The van der Waals surface area contributed by atoms with Crippen LogP contribution in [0.4, 0.5) is 5.13 Å². The van der Waals surface area contributed by atoms with Gasteiger partial charge in [-0.15, -0.1) is 16.4 Å². The molecule has 0 bridgehead atoms. The molecular weight excluding hydrogens is 376 g/mol. The highest BCUT2D eigenvalue weighted by Gasteiger charge is 2.18. The number of carbonyl (C=O) groups is 1. The quantitative estimate of drug-likeness (QED) is 0.575. The summed E-state index contributed by atoms with van der Waals surface area (Å²) in [5.41, 5.74) is 1.34. The molecule has 4 rings (SSSR count). The van der Waals surface area contributed by atoms with Crippen molar-refractivity contribution in [2.45, 2.75) is 0 Å². The Morgan fingerprint density at radius 1 is 1.19 bits per heavy atom. The van der Waals surface area contributed by atoms with Gasteiger partial charge in [0.15, 0.2) is 16.6 Å². The third kappa shape index (κ3) is 3.15. The Bertz CT molecular complexity index is 1060. The number of rotatable bonds is 4. The zero-order chi connectivity index (χ0) is 17.9. The lowest BCUT2D eigenvalue weighted by Gasteiger charge is -2.04. The number of aromatic nitrogens is 7. The van der Waals surface area contributed by atoms with E-state index in [1.54, 1.807) is 23.7 Å². The Labute approximate surface area is 155 Å². The monoisotopic (exact) mass is 384 g/mol. The number of thiazole rings is 1. The van der Waals surface area contributed by atoms with Crippen LogP contribution in [0.5, 0.6) is 0 Å². The summed E-state index contributed by atoms with van der Waals surface area (Å²) in [6.45, 7) is 0. The van der Waals surface area contributed by atoms with Crippen molar-refractivity contribution in [3.05, 3.63) is 59.2 Å². The summed E-state index contributed by atoms with van der Waals surface area (Å²) in [7, 11) is 0. The van der Waals surface area contributed by atoms with E-state index in [0.29, 0.717) is 27.4 Å². The van der Waals surface area contributed by atoms with Crippen LogP contribution in [0.1, 0.15) is 10.5 Å². The van der Waals surface area contributed by atoms with Gasteiger partial charge in [0.2, 0.25) is 0 Å². The third-order valence-electron chi connectivity index (χ3n) is 3.27. The summed E-state index contributed by atoms with van der Waals surface area (Å²) in [6.07, 6.45) is 7.48. The molecule has 128 valence electrons. The molecule has 1 N–H and O–H groups in total. The Hall–Kier alpha value is -3.24. The highest BCUT2D eigenvalue weighted by atomic mass is 35.5. The Morgan fingerprint density at radius 3 is 2.92 bits per heavy atom. The molecule has 0 unspecified atom stereocenters. The Kier molecular flexibility index (Phi) is 4.33. The third-order valence-corrected chi connectivity index (χ3v) is 4.34. The number of amides is 1. The lowest BCUT2D eigenvalue weighted by atomic mass is 10.3. The van der Waals surface area contributed by atoms with Crippen LogP contribution in [-0.2, 0) is 0 Å². The molecule has 4 aromatic rings. The summed E-state index contributed by atoms with van der Waals surface area (Å²) in [4.78, 5) is 29.2.